The number of anilines is 1. The highest BCUT2D eigenvalue weighted by Gasteiger charge is 2.15. The second kappa shape index (κ2) is 5.82. The molecule has 1 heterocycles. The van der Waals surface area contributed by atoms with Crippen LogP contribution in [-0.4, -0.2) is 24.5 Å². The molecule has 0 saturated carbocycles. The minimum absolute atomic E-state index is 0.0965. The number of nitrogens with two attached hydrogens (primary N) is 1. The zero-order valence-corrected chi connectivity index (χ0v) is 12.4. The summed E-state index contributed by atoms with van der Waals surface area (Å²) >= 11 is 5.77. The van der Waals surface area contributed by atoms with Gasteiger partial charge in [0.15, 0.2) is 0 Å². The maximum atomic E-state index is 12.1. The molecule has 20 heavy (non-hydrogen) atoms. The number of hydrogen-bond acceptors (Lipinski definition) is 4. The van der Waals surface area contributed by atoms with Crippen molar-refractivity contribution in [2.24, 2.45) is 7.05 Å². The quantitative estimate of drug-likeness (QED) is 0.811. The SMILES string of the molecule is Cn1ccnc1CCNS(=O)(=O)c1ccc(Cl)c(N)c1. The van der Waals surface area contributed by atoms with Crippen molar-refractivity contribution in [3.63, 3.8) is 0 Å². The first kappa shape index (κ1) is 14.8. The van der Waals surface area contributed by atoms with Gasteiger partial charge < -0.3 is 10.3 Å². The Bertz CT molecular complexity index is 712. The number of rotatable bonds is 5. The second-order valence-corrected chi connectivity index (χ2v) is 6.46. The number of hydrogen-bond donors (Lipinski definition) is 2. The van der Waals surface area contributed by atoms with Crippen LogP contribution in [0.15, 0.2) is 35.5 Å². The third-order valence-electron chi connectivity index (χ3n) is 2.84. The van der Waals surface area contributed by atoms with Gasteiger partial charge in [-0.25, -0.2) is 18.1 Å². The van der Waals surface area contributed by atoms with E-state index in [9.17, 15) is 8.42 Å². The van der Waals surface area contributed by atoms with E-state index in [-0.39, 0.29) is 17.1 Å². The van der Waals surface area contributed by atoms with E-state index in [0.29, 0.717) is 11.4 Å². The van der Waals surface area contributed by atoms with E-state index in [2.05, 4.69) is 9.71 Å². The largest absolute Gasteiger partial charge is 0.397 e. The molecule has 0 aliphatic rings. The zero-order valence-electron chi connectivity index (χ0n) is 10.9. The highest BCUT2D eigenvalue weighted by Crippen LogP contribution is 2.21. The van der Waals surface area contributed by atoms with Crippen LogP contribution in [0.2, 0.25) is 5.02 Å². The highest BCUT2D eigenvalue weighted by atomic mass is 35.5. The number of halogens is 1. The molecule has 0 atom stereocenters. The molecule has 0 unspecified atom stereocenters. The predicted molar refractivity (Wildman–Crippen MR) is 78.0 cm³/mol. The predicted octanol–water partition coefficient (Wildman–Crippen LogP) is 1.18. The fourth-order valence-corrected chi connectivity index (χ4v) is 2.89. The topological polar surface area (TPSA) is 90.0 Å². The fraction of sp³-hybridized carbons (Fsp3) is 0.250. The van der Waals surface area contributed by atoms with Crippen molar-refractivity contribution in [2.75, 3.05) is 12.3 Å². The van der Waals surface area contributed by atoms with E-state index in [1.807, 2.05) is 17.8 Å². The van der Waals surface area contributed by atoms with Gasteiger partial charge in [-0.15, -0.1) is 0 Å². The average molecular weight is 315 g/mol. The maximum Gasteiger partial charge on any atom is 0.240 e. The summed E-state index contributed by atoms with van der Waals surface area (Å²) in [4.78, 5) is 4.22. The number of benzene rings is 1. The van der Waals surface area contributed by atoms with Crippen molar-refractivity contribution >= 4 is 27.3 Å². The summed E-state index contributed by atoms with van der Waals surface area (Å²) in [5, 5.41) is 0.331. The molecule has 0 saturated heterocycles. The number of sulfonamides is 1. The second-order valence-electron chi connectivity index (χ2n) is 4.29. The van der Waals surface area contributed by atoms with Crippen molar-refractivity contribution < 1.29 is 8.42 Å². The van der Waals surface area contributed by atoms with Crippen molar-refractivity contribution in [1.29, 1.82) is 0 Å². The van der Waals surface area contributed by atoms with Crippen LogP contribution >= 0.6 is 11.6 Å². The van der Waals surface area contributed by atoms with E-state index >= 15 is 0 Å². The van der Waals surface area contributed by atoms with Crippen LogP contribution in [0.25, 0.3) is 0 Å². The summed E-state index contributed by atoms with van der Waals surface area (Å²) in [6, 6.07) is 4.22. The molecule has 0 spiro atoms. The van der Waals surface area contributed by atoms with E-state index in [4.69, 9.17) is 17.3 Å². The van der Waals surface area contributed by atoms with Gasteiger partial charge in [0.2, 0.25) is 10.0 Å². The number of nitrogens with zero attached hydrogens (tertiary/aromatic N) is 2. The van der Waals surface area contributed by atoms with Crippen molar-refractivity contribution in [3.8, 4) is 0 Å². The molecule has 0 radical (unpaired) electrons. The monoisotopic (exact) mass is 314 g/mol. The van der Waals surface area contributed by atoms with Gasteiger partial charge in [0.05, 0.1) is 15.6 Å². The summed E-state index contributed by atoms with van der Waals surface area (Å²) in [5.41, 5.74) is 5.84. The van der Waals surface area contributed by atoms with Crippen LogP contribution in [0.5, 0.6) is 0 Å². The number of aromatic nitrogens is 2. The first-order valence-electron chi connectivity index (χ1n) is 5.91. The Labute approximate surface area is 122 Å². The van der Waals surface area contributed by atoms with Crippen LogP contribution in [0, 0.1) is 0 Å². The molecule has 6 nitrogen and oxygen atoms in total. The zero-order chi connectivity index (χ0) is 14.8. The van der Waals surface area contributed by atoms with Gasteiger partial charge in [0.1, 0.15) is 5.82 Å². The Balaban J connectivity index is 2.04. The molecule has 3 N–H and O–H groups in total. The van der Waals surface area contributed by atoms with Gasteiger partial charge in [-0.05, 0) is 18.2 Å². The van der Waals surface area contributed by atoms with E-state index in [1.54, 1.807) is 6.20 Å². The van der Waals surface area contributed by atoms with Crippen LogP contribution in [0.3, 0.4) is 0 Å². The molecule has 1 aromatic carbocycles. The fourth-order valence-electron chi connectivity index (χ4n) is 1.71. The molecule has 1 aromatic heterocycles. The molecule has 108 valence electrons. The highest BCUT2D eigenvalue weighted by molar-refractivity contribution is 7.89. The third-order valence-corrected chi connectivity index (χ3v) is 4.64. The smallest absolute Gasteiger partial charge is 0.240 e. The Hall–Kier alpha value is -1.57. The number of nitrogens with one attached hydrogen (secondary N) is 1. The molecule has 2 aromatic rings. The Morgan fingerprint density at radius 3 is 2.80 bits per heavy atom. The standard InChI is InChI=1S/C12H15ClN4O2S/c1-17-7-6-15-12(17)4-5-16-20(18,19)9-2-3-10(13)11(14)8-9/h2-3,6-8,16H,4-5,14H2,1H3. The van der Waals surface area contributed by atoms with E-state index in [0.717, 1.165) is 5.82 Å². The molecular weight excluding hydrogens is 300 g/mol. The molecule has 2 rings (SSSR count). The van der Waals surface area contributed by atoms with Crippen molar-refractivity contribution in [2.45, 2.75) is 11.3 Å². The van der Waals surface area contributed by atoms with Gasteiger partial charge in [-0.1, -0.05) is 11.6 Å². The normalized spacial score (nSPS) is 11.7. The molecular formula is C12H15ClN4O2S. The van der Waals surface area contributed by atoms with Gasteiger partial charge in [-0.3, -0.25) is 0 Å². The first-order valence-corrected chi connectivity index (χ1v) is 7.77. The molecule has 0 fully saturated rings. The van der Waals surface area contributed by atoms with Gasteiger partial charge in [0.25, 0.3) is 0 Å². The lowest BCUT2D eigenvalue weighted by Gasteiger charge is -2.08. The van der Waals surface area contributed by atoms with E-state index < -0.39 is 10.0 Å². The van der Waals surface area contributed by atoms with Crippen molar-refractivity contribution in [3.05, 3.63) is 41.4 Å². The first-order chi connectivity index (χ1) is 9.40. The number of aryl methyl sites for hydroxylation is 1. The number of nitrogen functional groups attached to an aromatic ring is 1. The lowest BCUT2D eigenvalue weighted by atomic mass is 10.3. The summed E-state index contributed by atoms with van der Waals surface area (Å²) < 4.78 is 28.5. The molecule has 0 aliphatic carbocycles. The minimum atomic E-state index is -3.59. The van der Waals surface area contributed by atoms with Gasteiger partial charge in [-0.2, -0.15) is 0 Å². The molecule has 0 amide bonds. The van der Waals surface area contributed by atoms with Crippen LogP contribution in [0.1, 0.15) is 5.82 Å². The number of imidazole rings is 1. The van der Waals surface area contributed by atoms with Crippen molar-refractivity contribution in [1.82, 2.24) is 14.3 Å². The third kappa shape index (κ3) is 3.30. The lowest BCUT2D eigenvalue weighted by Crippen LogP contribution is -2.26. The Morgan fingerprint density at radius 2 is 2.20 bits per heavy atom. The summed E-state index contributed by atoms with van der Waals surface area (Å²) in [7, 11) is -1.73. The van der Waals surface area contributed by atoms with Crippen LogP contribution < -0.4 is 10.5 Å². The maximum absolute atomic E-state index is 12.1. The van der Waals surface area contributed by atoms with E-state index in [1.165, 1.54) is 18.2 Å². The average Bonchev–Trinajstić information content (AvgIpc) is 2.78. The minimum Gasteiger partial charge on any atom is -0.397 e. The molecule has 0 aliphatic heterocycles. The van der Waals surface area contributed by atoms with Gasteiger partial charge >= 0.3 is 0 Å². The van der Waals surface area contributed by atoms with Gasteiger partial charge in [0, 0.05) is 32.4 Å². The molecule has 0 bridgehead atoms. The summed E-state index contributed by atoms with van der Waals surface area (Å²) in [6.07, 6.45) is 3.99. The lowest BCUT2D eigenvalue weighted by molar-refractivity contribution is 0.580. The summed E-state index contributed by atoms with van der Waals surface area (Å²) in [5.74, 6) is 0.809. The Kier molecular flexibility index (Phi) is 4.32. The summed E-state index contributed by atoms with van der Waals surface area (Å²) in [6.45, 7) is 0.260. The Morgan fingerprint density at radius 1 is 1.45 bits per heavy atom. The van der Waals surface area contributed by atoms with Crippen LogP contribution in [0.4, 0.5) is 5.69 Å². The van der Waals surface area contributed by atoms with Crippen LogP contribution in [-0.2, 0) is 23.5 Å². The molecule has 8 heteroatoms.